The van der Waals surface area contributed by atoms with Gasteiger partial charge in [-0.15, -0.1) is 0 Å². The van der Waals surface area contributed by atoms with E-state index in [4.69, 9.17) is 5.11 Å². The number of carboxylic acids is 2. The first-order valence-electron chi connectivity index (χ1n) is 5.64. The lowest BCUT2D eigenvalue weighted by Crippen LogP contribution is -2.20. The fourth-order valence-corrected chi connectivity index (χ4v) is 3.18. The van der Waals surface area contributed by atoms with Crippen LogP contribution in [0.4, 0.5) is 0 Å². The van der Waals surface area contributed by atoms with Gasteiger partial charge in [0.05, 0.1) is 5.56 Å². The van der Waals surface area contributed by atoms with Crippen molar-refractivity contribution in [3.63, 3.8) is 0 Å². The Hall–Kier alpha value is -2.52. The minimum atomic E-state index is -2.16. The van der Waals surface area contributed by atoms with Gasteiger partial charge in [0, 0.05) is 0 Å². The average molecular weight is 289 g/mol. The lowest BCUT2D eigenvalue weighted by Gasteiger charge is -2.01. The lowest BCUT2D eigenvalue weighted by molar-refractivity contribution is 0.0652. The molecular weight excluding hydrogens is 279 g/mol. The van der Waals surface area contributed by atoms with E-state index in [0.29, 0.717) is 5.30 Å². The highest BCUT2D eigenvalue weighted by molar-refractivity contribution is 7.61. The van der Waals surface area contributed by atoms with Crippen LogP contribution in [0.25, 0.3) is 0 Å². The smallest absolute Gasteiger partial charge is 0.416 e. The second kappa shape index (κ2) is 5.63. The predicted molar refractivity (Wildman–Crippen MR) is 73.7 cm³/mol. The van der Waals surface area contributed by atoms with Crippen LogP contribution >= 0.6 is 7.80 Å². The van der Waals surface area contributed by atoms with Crippen LogP contribution in [0.3, 0.4) is 0 Å². The molecule has 0 fully saturated rings. The Balaban J connectivity index is 2.63. The molecule has 0 aliphatic heterocycles. The lowest BCUT2D eigenvalue weighted by atomic mass is 10.1. The molecule has 100 valence electrons. The first kappa shape index (κ1) is 13.9. The molecule has 2 aromatic carbocycles. The summed E-state index contributed by atoms with van der Waals surface area (Å²) in [6.45, 7) is 0. The molecule has 6 heteroatoms. The van der Waals surface area contributed by atoms with Crippen molar-refractivity contribution < 1.29 is 24.4 Å². The normalized spacial score (nSPS) is 10.9. The topological polar surface area (TPSA) is 91.7 Å². The third kappa shape index (κ3) is 2.58. The maximum Gasteiger partial charge on any atom is 0.416 e. The molecule has 0 amide bonds. The second-order valence-electron chi connectivity index (χ2n) is 3.94. The third-order valence-electron chi connectivity index (χ3n) is 2.70. The number of carbonyl (C=O) groups is 2. The van der Waals surface area contributed by atoms with Crippen LogP contribution < -0.4 is 10.6 Å². The summed E-state index contributed by atoms with van der Waals surface area (Å²) in [5.41, 5.74) is -0.792. The Morgan fingerprint density at radius 3 is 2.05 bits per heavy atom. The highest BCUT2D eigenvalue weighted by atomic mass is 31.1. The fraction of sp³-hybridized carbons (Fsp3) is 0. The molecule has 0 spiro atoms. The van der Waals surface area contributed by atoms with Crippen molar-refractivity contribution in [2.24, 2.45) is 0 Å². The van der Waals surface area contributed by atoms with Gasteiger partial charge in [0.25, 0.3) is 0 Å². The summed E-state index contributed by atoms with van der Waals surface area (Å²) >= 11 is 0. The van der Waals surface area contributed by atoms with E-state index in [9.17, 15) is 19.3 Å². The molecule has 0 bridgehead atoms. The van der Waals surface area contributed by atoms with E-state index in [1.807, 2.05) is 0 Å². The Morgan fingerprint density at radius 1 is 0.850 bits per heavy atom. The van der Waals surface area contributed by atoms with Gasteiger partial charge in [-0.05, 0) is 24.3 Å². The number of benzene rings is 2. The van der Waals surface area contributed by atoms with E-state index in [2.05, 4.69) is 0 Å². The largest absolute Gasteiger partial charge is 0.478 e. The fourth-order valence-electron chi connectivity index (χ4n) is 1.81. The average Bonchev–Trinajstić information content (AvgIpc) is 2.46. The third-order valence-corrected chi connectivity index (χ3v) is 4.27. The Morgan fingerprint density at radius 2 is 1.50 bits per heavy atom. The van der Waals surface area contributed by atoms with Crippen molar-refractivity contribution >= 4 is 30.3 Å². The summed E-state index contributed by atoms with van der Waals surface area (Å²) in [6.07, 6.45) is 0. The Bertz CT molecular complexity index is 694. The van der Waals surface area contributed by atoms with Crippen molar-refractivity contribution in [1.82, 2.24) is 0 Å². The van der Waals surface area contributed by atoms with Crippen molar-refractivity contribution in [2.45, 2.75) is 0 Å². The van der Waals surface area contributed by atoms with E-state index in [1.54, 1.807) is 30.3 Å². The van der Waals surface area contributed by atoms with Crippen molar-refractivity contribution in [3.8, 4) is 0 Å². The number of aromatic carboxylic acids is 2. The molecule has 1 unspecified atom stereocenters. The highest BCUT2D eigenvalue weighted by Gasteiger charge is 2.33. The van der Waals surface area contributed by atoms with E-state index in [0.717, 1.165) is 0 Å². The summed E-state index contributed by atoms with van der Waals surface area (Å²) < 4.78 is 12.4. The standard InChI is InChI=1S/C14H9O5P/c15-13(16)10-7-4-8-11(12(10)14(17)18)20(19)9-5-2-1-3-6-9/h1-8H,(H-,15,16,17,18)/p+1. The zero-order valence-electron chi connectivity index (χ0n) is 10.2. The van der Waals surface area contributed by atoms with Gasteiger partial charge in [0.15, 0.2) is 5.30 Å². The van der Waals surface area contributed by atoms with E-state index >= 15 is 0 Å². The van der Waals surface area contributed by atoms with Crippen molar-refractivity contribution in [1.29, 1.82) is 0 Å². The zero-order chi connectivity index (χ0) is 14.7. The highest BCUT2D eigenvalue weighted by Crippen LogP contribution is 2.23. The molecule has 0 radical (unpaired) electrons. The van der Waals surface area contributed by atoms with Crippen LogP contribution in [-0.4, -0.2) is 22.2 Å². The molecule has 2 rings (SSSR count). The molecule has 20 heavy (non-hydrogen) atoms. The van der Waals surface area contributed by atoms with Crippen molar-refractivity contribution in [2.75, 3.05) is 0 Å². The first-order valence-corrected chi connectivity index (χ1v) is 6.90. The molecule has 0 saturated carbocycles. The summed E-state index contributed by atoms with van der Waals surface area (Å²) in [5.74, 6) is -2.77. The molecule has 0 aromatic heterocycles. The van der Waals surface area contributed by atoms with Gasteiger partial charge in [0.1, 0.15) is 5.56 Å². The summed E-state index contributed by atoms with van der Waals surface area (Å²) in [7, 11) is -2.16. The van der Waals surface area contributed by atoms with Gasteiger partial charge >= 0.3 is 19.7 Å². The molecule has 0 saturated heterocycles. The van der Waals surface area contributed by atoms with Crippen LogP contribution in [0.1, 0.15) is 20.7 Å². The molecule has 0 aliphatic rings. The molecule has 5 nitrogen and oxygen atoms in total. The summed E-state index contributed by atoms with van der Waals surface area (Å²) in [4.78, 5) is 22.4. The molecule has 1 atom stereocenters. The van der Waals surface area contributed by atoms with E-state index in [1.165, 1.54) is 18.2 Å². The number of rotatable bonds is 4. The maximum absolute atomic E-state index is 12.4. The predicted octanol–water partition coefficient (Wildman–Crippen LogP) is 1.86. The van der Waals surface area contributed by atoms with Crippen LogP contribution in [0.2, 0.25) is 0 Å². The Kier molecular flexibility index (Phi) is 3.91. The van der Waals surface area contributed by atoms with Gasteiger partial charge in [-0.25, -0.2) is 9.59 Å². The van der Waals surface area contributed by atoms with Crippen LogP contribution in [0.5, 0.6) is 0 Å². The van der Waals surface area contributed by atoms with Gasteiger partial charge < -0.3 is 10.2 Å². The van der Waals surface area contributed by atoms with Gasteiger partial charge in [-0.1, -0.05) is 28.8 Å². The molecule has 0 aliphatic carbocycles. The van der Waals surface area contributed by atoms with E-state index in [-0.39, 0.29) is 10.9 Å². The van der Waals surface area contributed by atoms with Crippen LogP contribution in [-0.2, 0) is 4.57 Å². The van der Waals surface area contributed by atoms with Crippen LogP contribution in [0, 0.1) is 0 Å². The second-order valence-corrected chi connectivity index (χ2v) is 5.53. The first-order chi connectivity index (χ1) is 9.52. The number of hydrogen-bond acceptors (Lipinski definition) is 3. The van der Waals surface area contributed by atoms with Gasteiger partial charge in [-0.2, -0.15) is 0 Å². The maximum atomic E-state index is 12.4. The van der Waals surface area contributed by atoms with E-state index < -0.39 is 25.3 Å². The van der Waals surface area contributed by atoms with Gasteiger partial charge in [0.2, 0.25) is 5.30 Å². The minimum Gasteiger partial charge on any atom is -0.478 e. The SMILES string of the molecule is O=C(O)c1cccc([P+](=O)c2ccccc2)c1C(=O)O. The number of carboxylic acid groups (broad SMARTS) is 2. The number of hydrogen-bond donors (Lipinski definition) is 2. The minimum absolute atomic E-state index is 0.0126. The Labute approximate surface area is 115 Å². The molecular formula is C14H10O5P+. The van der Waals surface area contributed by atoms with Crippen LogP contribution in [0.15, 0.2) is 48.5 Å². The summed E-state index contributed by atoms with van der Waals surface area (Å²) in [5, 5.41) is 18.7. The molecule has 2 aromatic rings. The summed E-state index contributed by atoms with van der Waals surface area (Å²) in [6, 6.07) is 12.3. The molecule has 2 N–H and O–H groups in total. The van der Waals surface area contributed by atoms with Crippen molar-refractivity contribution in [3.05, 3.63) is 59.7 Å². The quantitative estimate of drug-likeness (QED) is 0.838. The monoisotopic (exact) mass is 289 g/mol. The van der Waals surface area contributed by atoms with Gasteiger partial charge in [-0.3, -0.25) is 0 Å². The molecule has 0 heterocycles. The zero-order valence-corrected chi connectivity index (χ0v) is 11.1.